The number of aromatic nitrogens is 3. The van der Waals surface area contributed by atoms with Gasteiger partial charge in [-0.05, 0) is 95.1 Å². The first-order chi connectivity index (χ1) is 18.9. The van der Waals surface area contributed by atoms with Crippen molar-refractivity contribution in [3.05, 3.63) is 72.1 Å². The van der Waals surface area contributed by atoms with E-state index in [1.54, 1.807) is 30.5 Å². The van der Waals surface area contributed by atoms with Crippen LogP contribution in [0.15, 0.2) is 65.8 Å². The quantitative estimate of drug-likeness (QED) is 0.300. The average molecular weight is 562 g/mol. The maximum Gasteiger partial charge on any atom is 0.241 e. The van der Waals surface area contributed by atoms with Crippen LogP contribution < -0.4 is 15.4 Å². The molecule has 0 saturated carbocycles. The van der Waals surface area contributed by atoms with Crippen LogP contribution in [0.5, 0.6) is 0 Å². The zero-order chi connectivity index (χ0) is 28.7. The molecule has 0 radical (unpaired) electrons. The highest BCUT2D eigenvalue weighted by atomic mass is 32.2. The highest BCUT2D eigenvalue weighted by Gasteiger charge is 2.23. The van der Waals surface area contributed by atoms with Crippen molar-refractivity contribution in [2.24, 2.45) is 0 Å². The molecule has 4 aromatic rings. The highest BCUT2D eigenvalue weighted by Crippen LogP contribution is 2.24. The van der Waals surface area contributed by atoms with E-state index in [0.29, 0.717) is 18.0 Å². The molecule has 212 valence electrons. The minimum Gasteiger partial charge on any atom is -0.324 e. The van der Waals surface area contributed by atoms with E-state index in [-0.39, 0.29) is 4.90 Å². The second kappa shape index (κ2) is 10.9. The summed E-state index contributed by atoms with van der Waals surface area (Å²) in [5, 5.41) is 7.87. The predicted molar refractivity (Wildman–Crippen MR) is 161 cm³/mol. The lowest BCUT2D eigenvalue weighted by Crippen LogP contribution is -2.53. The van der Waals surface area contributed by atoms with Crippen molar-refractivity contribution < 1.29 is 8.42 Å². The lowest BCUT2D eigenvalue weighted by atomic mass is 10.1. The molecule has 0 unspecified atom stereocenters. The first-order valence-corrected chi connectivity index (χ1v) is 15.2. The van der Waals surface area contributed by atoms with Gasteiger partial charge in [-0.3, -0.25) is 4.90 Å². The molecule has 2 aromatic carbocycles. The number of aryl methyl sites for hydroxylation is 1. The fraction of sp³-hybridized carbons (Fsp3) is 0.400. The van der Waals surface area contributed by atoms with Gasteiger partial charge in [0.15, 0.2) is 0 Å². The Morgan fingerprint density at radius 2 is 1.73 bits per heavy atom. The number of hydrogen-bond acceptors (Lipinski definition) is 7. The third-order valence-corrected chi connectivity index (χ3v) is 8.70. The van der Waals surface area contributed by atoms with Gasteiger partial charge in [-0.25, -0.2) is 18.1 Å². The van der Waals surface area contributed by atoms with Crippen LogP contribution in [0.3, 0.4) is 0 Å². The van der Waals surface area contributed by atoms with Gasteiger partial charge in [-0.15, -0.1) is 0 Å². The number of rotatable bonds is 7. The predicted octanol–water partition coefficient (Wildman–Crippen LogP) is 4.73. The van der Waals surface area contributed by atoms with Crippen molar-refractivity contribution in [1.82, 2.24) is 29.5 Å². The molecular weight excluding hydrogens is 522 g/mol. The smallest absolute Gasteiger partial charge is 0.241 e. The molecule has 5 rings (SSSR count). The van der Waals surface area contributed by atoms with Crippen LogP contribution in [0.2, 0.25) is 0 Å². The molecule has 9 nitrogen and oxygen atoms in total. The zero-order valence-corrected chi connectivity index (χ0v) is 24.9. The molecule has 0 bridgehead atoms. The third kappa shape index (κ3) is 6.52. The number of anilines is 2. The summed E-state index contributed by atoms with van der Waals surface area (Å²) in [6.07, 6.45) is 3.71. The Balaban J connectivity index is 1.36. The van der Waals surface area contributed by atoms with Crippen molar-refractivity contribution in [2.75, 3.05) is 18.4 Å². The van der Waals surface area contributed by atoms with Crippen LogP contribution in [0.1, 0.15) is 45.7 Å². The van der Waals surface area contributed by atoms with Gasteiger partial charge in [-0.1, -0.05) is 6.07 Å². The molecule has 1 saturated heterocycles. The van der Waals surface area contributed by atoms with E-state index in [1.807, 2.05) is 37.6 Å². The normalized spacial score (nSPS) is 18.8. The molecular formula is C30H39N7O2S. The maximum atomic E-state index is 12.7. The number of piperazine rings is 1. The number of fused-ring (bicyclic) bond motifs is 1. The summed E-state index contributed by atoms with van der Waals surface area (Å²) in [5.41, 5.74) is 4.47. The van der Waals surface area contributed by atoms with Gasteiger partial charge < -0.3 is 15.2 Å². The second-order valence-corrected chi connectivity index (χ2v) is 13.6. The molecule has 2 atom stereocenters. The minimum atomic E-state index is -3.61. The summed E-state index contributed by atoms with van der Waals surface area (Å²) >= 11 is 0. The maximum absolute atomic E-state index is 12.7. The summed E-state index contributed by atoms with van der Waals surface area (Å²) < 4.78 is 30.0. The van der Waals surface area contributed by atoms with Gasteiger partial charge in [0.05, 0.1) is 4.90 Å². The van der Waals surface area contributed by atoms with Gasteiger partial charge in [0.2, 0.25) is 16.0 Å². The fourth-order valence-electron chi connectivity index (χ4n) is 5.29. The van der Waals surface area contributed by atoms with E-state index in [4.69, 9.17) is 4.98 Å². The van der Waals surface area contributed by atoms with Gasteiger partial charge in [0.1, 0.15) is 5.65 Å². The SMILES string of the molecule is Cc1ccc(Nc2ncc3ccn(-c4ccc(S(=O)(=O)NC(C)(C)C)cc4)c3n2)cc1CN1C[C@@H](C)N[C@@H](C)C1. The minimum absolute atomic E-state index is 0.222. The number of sulfonamides is 1. The number of nitrogens with zero attached hydrogens (tertiary/aromatic N) is 4. The van der Waals surface area contributed by atoms with E-state index in [1.165, 1.54) is 11.1 Å². The molecule has 40 heavy (non-hydrogen) atoms. The largest absolute Gasteiger partial charge is 0.324 e. The summed E-state index contributed by atoms with van der Waals surface area (Å²) in [7, 11) is -3.61. The average Bonchev–Trinajstić information content (AvgIpc) is 3.27. The van der Waals surface area contributed by atoms with E-state index in [0.717, 1.165) is 42.0 Å². The molecule has 10 heteroatoms. The Hall–Kier alpha value is -3.31. The second-order valence-electron chi connectivity index (χ2n) is 11.9. The van der Waals surface area contributed by atoms with Gasteiger partial charge >= 0.3 is 0 Å². The van der Waals surface area contributed by atoms with E-state index in [2.05, 4.69) is 64.2 Å². The molecule has 1 aliphatic rings. The Morgan fingerprint density at radius 1 is 1.02 bits per heavy atom. The molecule has 2 aromatic heterocycles. The topological polar surface area (TPSA) is 104 Å². The molecule has 3 N–H and O–H groups in total. The van der Waals surface area contributed by atoms with Crippen molar-refractivity contribution in [2.45, 2.75) is 70.6 Å². The van der Waals surface area contributed by atoms with Crippen molar-refractivity contribution in [3.63, 3.8) is 0 Å². The van der Waals surface area contributed by atoms with Crippen molar-refractivity contribution in [1.29, 1.82) is 0 Å². The molecule has 0 amide bonds. The summed E-state index contributed by atoms with van der Waals surface area (Å²) in [5.74, 6) is 0.500. The Bertz CT molecular complexity index is 1600. The zero-order valence-electron chi connectivity index (χ0n) is 24.1. The van der Waals surface area contributed by atoms with Crippen LogP contribution in [0.25, 0.3) is 16.7 Å². The van der Waals surface area contributed by atoms with E-state index >= 15 is 0 Å². The third-order valence-electron chi connectivity index (χ3n) is 6.93. The Kier molecular flexibility index (Phi) is 7.71. The van der Waals surface area contributed by atoms with Gasteiger partial charge in [0.25, 0.3) is 0 Å². The number of nitrogens with one attached hydrogen (secondary N) is 3. The van der Waals surface area contributed by atoms with Gasteiger partial charge in [0, 0.05) is 66.4 Å². The summed E-state index contributed by atoms with van der Waals surface area (Å²) in [4.78, 5) is 12.1. The van der Waals surface area contributed by atoms with Crippen LogP contribution >= 0.6 is 0 Å². The molecule has 0 aliphatic carbocycles. The van der Waals surface area contributed by atoms with Crippen molar-refractivity contribution in [3.8, 4) is 5.69 Å². The lowest BCUT2D eigenvalue weighted by Gasteiger charge is -2.36. The molecule has 0 spiro atoms. The molecule has 1 aliphatic heterocycles. The number of hydrogen-bond donors (Lipinski definition) is 3. The summed E-state index contributed by atoms with van der Waals surface area (Å²) in [6.45, 7) is 15.0. The Morgan fingerprint density at radius 3 is 2.40 bits per heavy atom. The first kappa shape index (κ1) is 28.2. The lowest BCUT2D eigenvalue weighted by molar-refractivity contribution is 0.166. The van der Waals surface area contributed by atoms with Crippen LogP contribution in [-0.2, 0) is 16.6 Å². The molecule has 1 fully saturated rings. The first-order valence-electron chi connectivity index (χ1n) is 13.7. The van der Waals surface area contributed by atoms with Crippen LogP contribution in [0, 0.1) is 6.92 Å². The van der Waals surface area contributed by atoms with Gasteiger partial charge in [-0.2, -0.15) is 4.98 Å². The van der Waals surface area contributed by atoms with E-state index < -0.39 is 15.6 Å². The molecule has 3 heterocycles. The standard InChI is InChI=1S/C30H39N7O2S/c1-20-7-8-25(15-24(20)19-36-17-21(2)32-22(3)18-36)33-29-31-16-23-13-14-37(28(23)34-29)26-9-11-27(12-10-26)40(38,39)35-30(4,5)6/h7-16,21-22,32,35H,17-19H2,1-6H3,(H,31,33,34)/t21-,22+. The summed E-state index contributed by atoms with van der Waals surface area (Å²) in [6, 6.07) is 16.1. The van der Waals surface area contributed by atoms with Crippen molar-refractivity contribution >= 4 is 32.7 Å². The highest BCUT2D eigenvalue weighted by molar-refractivity contribution is 7.89. The fourth-order valence-corrected chi connectivity index (χ4v) is 6.71. The van der Waals surface area contributed by atoms with Crippen LogP contribution in [-0.4, -0.2) is 58.6 Å². The number of benzene rings is 2. The van der Waals surface area contributed by atoms with E-state index in [9.17, 15) is 8.42 Å². The monoisotopic (exact) mass is 561 g/mol. The Labute approximate surface area is 237 Å². The van der Waals surface area contributed by atoms with Crippen LogP contribution in [0.4, 0.5) is 11.6 Å².